The predicted octanol–water partition coefficient (Wildman–Crippen LogP) is 4.74. The molecule has 7 heteroatoms. The number of esters is 1. The number of hydrogen-bond donors (Lipinski definition) is 0. The van der Waals surface area contributed by atoms with Crippen LogP contribution in [0, 0.1) is 0 Å². The van der Waals surface area contributed by atoms with Gasteiger partial charge in [-0.1, -0.05) is 38.5 Å². The van der Waals surface area contributed by atoms with Gasteiger partial charge in [-0.15, -0.1) is 0 Å². The molecule has 0 bridgehead atoms. The van der Waals surface area contributed by atoms with Crippen LogP contribution in [0.5, 0.6) is 0 Å². The fourth-order valence-electron chi connectivity index (χ4n) is 3.23. The van der Waals surface area contributed by atoms with Gasteiger partial charge in [0.2, 0.25) is 0 Å². The van der Waals surface area contributed by atoms with E-state index in [4.69, 9.17) is 9.05 Å². The summed E-state index contributed by atoms with van der Waals surface area (Å²) in [4.78, 5) is 11.7. The standard InChI is InChI=1S/C16H28FO5P/c1-2-20-16(18)15(17)23(19,21-13-9-5-3-6-10-13)22-14-11-7-4-8-12-14/h13-15H,2-12H2,1H3. The second kappa shape index (κ2) is 9.14. The Bertz CT molecular complexity index is 395. The lowest BCUT2D eigenvalue weighted by Gasteiger charge is -2.31. The van der Waals surface area contributed by atoms with Crippen LogP contribution in [0.4, 0.5) is 4.39 Å². The summed E-state index contributed by atoms with van der Waals surface area (Å²) in [5.41, 5.74) is 0. The molecule has 0 aromatic heterocycles. The van der Waals surface area contributed by atoms with Crippen LogP contribution in [0.2, 0.25) is 0 Å². The minimum absolute atomic E-state index is 0.0338. The van der Waals surface area contributed by atoms with Crippen LogP contribution >= 0.6 is 7.60 Å². The van der Waals surface area contributed by atoms with Crippen molar-refractivity contribution in [3.63, 3.8) is 0 Å². The molecule has 0 spiro atoms. The highest BCUT2D eigenvalue weighted by Crippen LogP contribution is 2.58. The summed E-state index contributed by atoms with van der Waals surface area (Å²) in [5, 5.41) is 0. The van der Waals surface area contributed by atoms with Gasteiger partial charge in [0.05, 0.1) is 18.8 Å². The Kier molecular flexibility index (Phi) is 7.51. The smallest absolute Gasteiger partial charge is 0.376 e. The molecule has 0 heterocycles. The molecule has 0 N–H and O–H groups in total. The topological polar surface area (TPSA) is 61.8 Å². The van der Waals surface area contributed by atoms with E-state index in [-0.39, 0.29) is 18.8 Å². The van der Waals surface area contributed by atoms with E-state index in [9.17, 15) is 13.8 Å². The normalized spacial score (nSPS) is 22.7. The highest BCUT2D eigenvalue weighted by atomic mass is 31.2. The molecule has 1 unspecified atom stereocenters. The van der Waals surface area contributed by atoms with Crippen molar-refractivity contribution >= 4 is 13.6 Å². The van der Waals surface area contributed by atoms with Gasteiger partial charge in [0.1, 0.15) is 0 Å². The Labute approximate surface area is 137 Å². The third kappa shape index (κ3) is 5.54. The van der Waals surface area contributed by atoms with Gasteiger partial charge >= 0.3 is 13.6 Å². The van der Waals surface area contributed by atoms with E-state index >= 15 is 0 Å². The van der Waals surface area contributed by atoms with Gasteiger partial charge in [0, 0.05) is 0 Å². The minimum Gasteiger partial charge on any atom is -0.463 e. The van der Waals surface area contributed by atoms with E-state index in [2.05, 4.69) is 4.74 Å². The van der Waals surface area contributed by atoms with Gasteiger partial charge in [0.15, 0.2) is 0 Å². The van der Waals surface area contributed by atoms with Crippen LogP contribution in [0.25, 0.3) is 0 Å². The zero-order valence-corrected chi connectivity index (χ0v) is 14.8. The molecule has 2 aliphatic carbocycles. The van der Waals surface area contributed by atoms with Gasteiger partial charge in [-0.05, 0) is 32.6 Å². The van der Waals surface area contributed by atoms with Crippen LogP contribution in [-0.2, 0) is 23.1 Å². The Morgan fingerprint density at radius 3 is 1.83 bits per heavy atom. The lowest BCUT2D eigenvalue weighted by molar-refractivity contribution is -0.146. The quantitative estimate of drug-likeness (QED) is 0.490. The van der Waals surface area contributed by atoms with E-state index in [0.29, 0.717) is 0 Å². The molecule has 134 valence electrons. The summed E-state index contributed by atoms with van der Waals surface area (Å²) in [5.74, 6) is -3.51. The van der Waals surface area contributed by atoms with Crippen molar-refractivity contribution in [3.05, 3.63) is 0 Å². The number of carbonyl (C=O) groups is 1. The zero-order valence-electron chi connectivity index (χ0n) is 13.9. The fraction of sp³-hybridized carbons (Fsp3) is 0.938. The molecule has 23 heavy (non-hydrogen) atoms. The summed E-state index contributed by atoms with van der Waals surface area (Å²) >= 11 is 0. The van der Waals surface area contributed by atoms with Crippen LogP contribution < -0.4 is 0 Å². The number of carbonyl (C=O) groups excluding carboxylic acids is 1. The lowest BCUT2D eigenvalue weighted by atomic mass is 9.98. The zero-order chi connectivity index (χ0) is 16.7. The number of hydrogen-bond acceptors (Lipinski definition) is 5. The van der Waals surface area contributed by atoms with E-state index in [1.54, 1.807) is 6.92 Å². The van der Waals surface area contributed by atoms with Crippen molar-refractivity contribution in [2.24, 2.45) is 0 Å². The molecule has 2 fully saturated rings. The number of ether oxygens (including phenoxy) is 1. The number of halogens is 1. The van der Waals surface area contributed by atoms with Crippen molar-refractivity contribution in [2.75, 3.05) is 6.61 Å². The van der Waals surface area contributed by atoms with Gasteiger partial charge in [-0.25, -0.2) is 9.18 Å². The first-order valence-electron chi connectivity index (χ1n) is 8.82. The maximum atomic E-state index is 14.6. The Morgan fingerprint density at radius 1 is 1.00 bits per heavy atom. The van der Waals surface area contributed by atoms with Crippen molar-refractivity contribution in [2.45, 2.75) is 89.3 Å². The summed E-state index contributed by atoms with van der Waals surface area (Å²) in [6.07, 6.45) is 8.37. The minimum atomic E-state index is -4.17. The monoisotopic (exact) mass is 350 g/mol. The van der Waals surface area contributed by atoms with Gasteiger partial charge in [0.25, 0.3) is 5.91 Å². The Morgan fingerprint density at radius 2 is 1.43 bits per heavy atom. The molecule has 2 saturated carbocycles. The number of rotatable bonds is 7. The average Bonchev–Trinajstić information content (AvgIpc) is 2.56. The predicted molar refractivity (Wildman–Crippen MR) is 85.1 cm³/mol. The highest BCUT2D eigenvalue weighted by Gasteiger charge is 2.46. The molecule has 2 rings (SSSR count). The average molecular weight is 350 g/mol. The van der Waals surface area contributed by atoms with Crippen molar-refractivity contribution in [1.82, 2.24) is 0 Å². The molecule has 0 aliphatic heterocycles. The van der Waals surface area contributed by atoms with E-state index in [1.165, 1.54) is 0 Å². The van der Waals surface area contributed by atoms with Crippen LogP contribution in [0.15, 0.2) is 0 Å². The lowest BCUT2D eigenvalue weighted by Crippen LogP contribution is -2.28. The fourth-order valence-corrected chi connectivity index (χ4v) is 5.08. The summed E-state index contributed by atoms with van der Waals surface area (Å²) in [6, 6.07) is 0. The van der Waals surface area contributed by atoms with E-state index in [1.807, 2.05) is 0 Å². The SMILES string of the molecule is CCOC(=O)C(F)P(=O)(OC1CCCCC1)OC1CCCCC1. The molecule has 0 amide bonds. The Balaban J connectivity index is 2.07. The molecule has 5 nitrogen and oxygen atoms in total. The third-order valence-corrected chi connectivity index (χ3v) is 6.41. The molecule has 0 aromatic rings. The molecular weight excluding hydrogens is 322 g/mol. The van der Waals surface area contributed by atoms with Gasteiger partial charge < -0.3 is 13.8 Å². The first-order chi connectivity index (χ1) is 11.0. The first-order valence-corrected chi connectivity index (χ1v) is 10.4. The van der Waals surface area contributed by atoms with E-state index in [0.717, 1.165) is 64.2 Å². The van der Waals surface area contributed by atoms with Crippen LogP contribution in [0.1, 0.15) is 71.1 Å². The summed E-state index contributed by atoms with van der Waals surface area (Å²) < 4.78 is 43.4. The molecule has 0 radical (unpaired) electrons. The molecule has 0 saturated heterocycles. The third-order valence-electron chi connectivity index (χ3n) is 4.46. The van der Waals surface area contributed by atoms with E-state index < -0.39 is 19.5 Å². The molecule has 1 atom stereocenters. The first kappa shape index (κ1) is 18.9. The van der Waals surface area contributed by atoms with Gasteiger partial charge in [-0.3, -0.25) is 4.57 Å². The summed E-state index contributed by atoms with van der Waals surface area (Å²) in [6.45, 7) is 1.62. The highest BCUT2D eigenvalue weighted by molar-refractivity contribution is 7.55. The number of alkyl halides is 1. The van der Waals surface area contributed by atoms with Crippen molar-refractivity contribution < 1.29 is 27.5 Å². The summed E-state index contributed by atoms with van der Waals surface area (Å²) in [7, 11) is -4.17. The molecule has 2 aliphatic rings. The maximum absolute atomic E-state index is 14.6. The molecule has 0 aromatic carbocycles. The largest absolute Gasteiger partial charge is 0.463 e. The Hall–Kier alpha value is -0.450. The van der Waals surface area contributed by atoms with Crippen molar-refractivity contribution in [3.8, 4) is 0 Å². The second-order valence-corrected chi connectivity index (χ2v) is 8.31. The maximum Gasteiger partial charge on any atom is 0.376 e. The van der Waals surface area contributed by atoms with Crippen LogP contribution in [0.3, 0.4) is 0 Å². The molecular formula is C16H28FO5P. The second-order valence-electron chi connectivity index (χ2n) is 6.36. The van der Waals surface area contributed by atoms with Gasteiger partial charge in [-0.2, -0.15) is 0 Å². The van der Waals surface area contributed by atoms with Crippen molar-refractivity contribution in [1.29, 1.82) is 0 Å². The van der Waals surface area contributed by atoms with Crippen LogP contribution in [-0.4, -0.2) is 30.7 Å².